The van der Waals surface area contributed by atoms with Crippen LogP contribution in [0.5, 0.6) is 0 Å². The van der Waals surface area contributed by atoms with Crippen LogP contribution in [0.15, 0.2) is 12.1 Å². The number of aliphatic carboxylic acids is 1. The van der Waals surface area contributed by atoms with Gasteiger partial charge in [-0.05, 0) is 18.6 Å². The SMILES string of the molecule is CCc1ccc(C2[NH2+]C(C(=O)[O-])CS2)s1. The zero-order valence-electron chi connectivity index (χ0n) is 8.43. The van der Waals surface area contributed by atoms with Gasteiger partial charge in [0, 0.05) is 4.88 Å². The van der Waals surface area contributed by atoms with E-state index < -0.39 is 5.97 Å². The van der Waals surface area contributed by atoms with Crippen LogP contribution >= 0.6 is 23.1 Å². The van der Waals surface area contributed by atoms with Gasteiger partial charge in [-0.3, -0.25) is 0 Å². The molecule has 2 N–H and O–H groups in total. The molecule has 2 rings (SSSR count). The van der Waals surface area contributed by atoms with E-state index in [1.807, 2.05) is 5.32 Å². The Hall–Kier alpha value is -0.520. The molecule has 82 valence electrons. The molecule has 5 heteroatoms. The number of aryl methyl sites for hydroxylation is 1. The zero-order chi connectivity index (χ0) is 10.8. The maximum absolute atomic E-state index is 10.7. The lowest BCUT2D eigenvalue weighted by atomic mass is 10.3. The summed E-state index contributed by atoms with van der Waals surface area (Å²) in [5.41, 5.74) is 0. The minimum absolute atomic E-state index is 0.248. The number of nitrogens with two attached hydrogens (primary N) is 1. The van der Waals surface area contributed by atoms with Gasteiger partial charge in [-0.1, -0.05) is 18.7 Å². The lowest BCUT2D eigenvalue weighted by molar-refractivity contribution is -0.689. The van der Waals surface area contributed by atoms with Crippen molar-refractivity contribution in [3.8, 4) is 0 Å². The van der Waals surface area contributed by atoms with Crippen LogP contribution in [0, 0.1) is 0 Å². The van der Waals surface area contributed by atoms with Crippen LogP contribution in [0.1, 0.15) is 22.1 Å². The number of thiophene rings is 1. The summed E-state index contributed by atoms with van der Waals surface area (Å²) in [4.78, 5) is 13.3. The van der Waals surface area contributed by atoms with E-state index in [1.165, 1.54) is 9.75 Å². The Bertz CT molecular complexity index is 364. The fraction of sp³-hybridized carbons (Fsp3) is 0.500. The summed E-state index contributed by atoms with van der Waals surface area (Å²) in [5.74, 6) is -0.302. The van der Waals surface area contributed by atoms with Crippen LogP contribution in [-0.2, 0) is 11.2 Å². The summed E-state index contributed by atoms with van der Waals surface area (Å²) in [6, 6.07) is 3.85. The largest absolute Gasteiger partial charge is 0.544 e. The molecule has 1 aromatic heterocycles. The standard InChI is InChI=1S/C10H13NO2S2/c1-2-6-3-4-8(15-6)9-11-7(5-14-9)10(12)13/h3-4,7,9,11H,2,5H2,1H3,(H,12,13). The molecule has 1 saturated heterocycles. The smallest absolute Gasteiger partial charge is 0.168 e. The highest BCUT2D eigenvalue weighted by Gasteiger charge is 2.31. The van der Waals surface area contributed by atoms with Gasteiger partial charge in [-0.2, -0.15) is 0 Å². The van der Waals surface area contributed by atoms with Crippen molar-refractivity contribution in [1.29, 1.82) is 0 Å². The first-order valence-corrected chi connectivity index (χ1v) is 6.83. The summed E-state index contributed by atoms with van der Waals surface area (Å²) >= 11 is 3.47. The third kappa shape index (κ3) is 2.35. The molecule has 1 aromatic rings. The van der Waals surface area contributed by atoms with Gasteiger partial charge in [0.2, 0.25) is 0 Å². The summed E-state index contributed by atoms with van der Waals surface area (Å²) in [6.45, 7) is 2.13. The van der Waals surface area contributed by atoms with Gasteiger partial charge in [0.25, 0.3) is 0 Å². The van der Waals surface area contributed by atoms with Crippen molar-refractivity contribution in [3.63, 3.8) is 0 Å². The second-order valence-electron chi connectivity index (χ2n) is 3.53. The second kappa shape index (κ2) is 4.55. The Morgan fingerprint density at radius 2 is 2.47 bits per heavy atom. The minimum Gasteiger partial charge on any atom is -0.544 e. The molecule has 2 heterocycles. The van der Waals surface area contributed by atoms with Crippen LogP contribution in [0.2, 0.25) is 0 Å². The van der Waals surface area contributed by atoms with Crippen molar-refractivity contribution in [2.45, 2.75) is 24.8 Å². The molecule has 0 spiro atoms. The first-order valence-electron chi connectivity index (χ1n) is 4.96. The van der Waals surface area contributed by atoms with E-state index >= 15 is 0 Å². The van der Waals surface area contributed by atoms with Crippen LogP contribution in [0.4, 0.5) is 0 Å². The normalized spacial score (nSPS) is 25.7. The van der Waals surface area contributed by atoms with Gasteiger partial charge in [0.05, 0.1) is 10.6 Å². The van der Waals surface area contributed by atoms with E-state index in [-0.39, 0.29) is 11.4 Å². The molecule has 3 nitrogen and oxygen atoms in total. The third-order valence-corrected chi connectivity index (χ3v) is 5.26. The Balaban J connectivity index is 2.04. The third-order valence-electron chi connectivity index (χ3n) is 2.48. The number of rotatable bonds is 3. The number of carbonyl (C=O) groups is 1. The monoisotopic (exact) mass is 243 g/mol. The molecular formula is C10H13NO2S2. The molecule has 0 aliphatic carbocycles. The fourth-order valence-electron chi connectivity index (χ4n) is 1.59. The number of hydrogen-bond acceptors (Lipinski definition) is 4. The first-order chi connectivity index (χ1) is 7.20. The second-order valence-corrected chi connectivity index (χ2v) is 5.90. The van der Waals surface area contributed by atoms with E-state index in [1.54, 1.807) is 23.1 Å². The van der Waals surface area contributed by atoms with Crippen molar-refractivity contribution < 1.29 is 15.2 Å². The van der Waals surface area contributed by atoms with Gasteiger partial charge < -0.3 is 15.2 Å². The average molecular weight is 243 g/mol. The van der Waals surface area contributed by atoms with Gasteiger partial charge in [-0.15, -0.1) is 11.3 Å². The molecule has 1 fully saturated rings. The summed E-state index contributed by atoms with van der Waals surface area (Å²) in [7, 11) is 0. The van der Waals surface area contributed by atoms with E-state index in [0.29, 0.717) is 5.75 Å². The highest BCUT2D eigenvalue weighted by atomic mass is 32.2. The summed E-state index contributed by atoms with van der Waals surface area (Å²) in [6.07, 6.45) is 1.05. The lowest BCUT2D eigenvalue weighted by Crippen LogP contribution is -2.90. The van der Waals surface area contributed by atoms with Crippen LogP contribution in [0.25, 0.3) is 0 Å². The lowest BCUT2D eigenvalue weighted by Gasteiger charge is -2.08. The Labute approximate surface area is 96.9 Å². The van der Waals surface area contributed by atoms with Crippen molar-refractivity contribution in [1.82, 2.24) is 0 Å². The number of carbonyl (C=O) groups excluding carboxylic acids is 1. The molecule has 1 aliphatic heterocycles. The van der Waals surface area contributed by atoms with Gasteiger partial charge >= 0.3 is 0 Å². The average Bonchev–Trinajstić information content (AvgIpc) is 2.86. The summed E-state index contributed by atoms with van der Waals surface area (Å²) < 4.78 is 0. The van der Waals surface area contributed by atoms with Gasteiger partial charge in [0.15, 0.2) is 5.37 Å². The topological polar surface area (TPSA) is 56.7 Å². The number of thioether (sulfide) groups is 1. The van der Waals surface area contributed by atoms with E-state index in [2.05, 4.69) is 19.1 Å². The Morgan fingerprint density at radius 1 is 1.67 bits per heavy atom. The molecule has 0 radical (unpaired) electrons. The number of carboxylic acids is 1. The van der Waals surface area contributed by atoms with Gasteiger partial charge in [0.1, 0.15) is 12.0 Å². The molecule has 0 amide bonds. The maximum Gasteiger partial charge on any atom is 0.168 e. The zero-order valence-corrected chi connectivity index (χ0v) is 10.1. The summed E-state index contributed by atoms with van der Waals surface area (Å²) in [5, 5.41) is 12.8. The molecule has 0 bridgehead atoms. The number of carboxylic acid groups (broad SMARTS) is 1. The van der Waals surface area contributed by atoms with Crippen LogP contribution < -0.4 is 10.4 Å². The van der Waals surface area contributed by atoms with Crippen molar-refractivity contribution in [2.75, 3.05) is 5.75 Å². The van der Waals surface area contributed by atoms with Crippen molar-refractivity contribution in [3.05, 3.63) is 21.9 Å². The van der Waals surface area contributed by atoms with Crippen molar-refractivity contribution in [2.24, 2.45) is 0 Å². The van der Waals surface area contributed by atoms with E-state index in [0.717, 1.165) is 6.42 Å². The van der Waals surface area contributed by atoms with Crippen molar-refractivity contribution >= 4 is 29.1 Å². The molecule has 15 heavy (non-hydrogen) atoms. The molecule has 1 aliphatic rings. The maximum atomic E-state index is 10.7. The molecule has 0 saturated carbocycles. The van der Waals surface area contributed by atoms with Gasteiger partial charge in [-0.25, -0.2) is 0 Å². The van der Waals surface area contributed by atoms with Crippen LogP contribution in [-0.4, -0.2) is 17.8 Å². The van der Waals surface area contributed by atoms with E-state index in [4.69, 9.17) is 0 Å². The highest BCUT2D eigenvalue weighted by molar-refractivity contribution is 7.99. The fourth-order valence-corrected chi connectivity index (χ4v) is 4.06. The van der Waals surface area contributed by atoms with E-state index in [9.17, 15) is 9.90 Å². The molecule has 2 unspecified atom stereocenters. The number of hydrogen-bond donors (Lipinski definition) is 1. The molecular weight excluding hydrogens is 230 g/mol. The Morgan fingerprint density at radius 3 is 3.00 bits per heavy atom. The Kier molecular flexibility index (Phi) is 3.33. The quantitative estimate of drug-likeness (QED) is 0.795. The molecule has 2 atom stereocenters. The highest BCUT2D eigenvalue weighted by Crippen LogP contribution is 2.31. The molecule has 0 aromatic carbocycles. The predicted molar refractivity (Wildman–Crippen MR) is 59.6 cm³/mol. The van der Waals surface area contributed by atoms with Crippen LogP contribution in [0.3, 0.4) is 0 Å². The number of quaternary nitrogens is 1. The minimum atomic E-state index is -0.947. The predicted octanol–water partition coefficient (Wildman–Crippen LogP) is -0.262. The first kappa shape index (κ1) is 11.0.